The molecule has 0 aliphatic carbocycles. The lowest BCUT2D eigenvalue weighted by Crippen LogP contribution is -1.95. The van der Waals surface area contributed by atoms with Gasteiger partial charge in [-0.25, -0.2) is 4.39 Å². The molecule has 0 amide bonds. The molecule has 3 nitrogen and oxygen atoms in total. The highest BCUT2D eigenvalue weighted by Gasteiger charge is 2.13. The van der Waals surface area contributed by atoms with Gasteiger partial charge in [0, 0.05) is 18.4 Å². The van der Waals surface area contributed by atoms with Crippen molar-refractivity contribution < 1.29 is 4.39 Å². The van der Waals surface area contributed by atoms with Crippen molar-refractivity contribution in [2.45, 2.75) is 10.9 Å². The van der Waals surface area contributed by atoms with E-state index < -0.39 is 0 Å². The van der Waals surface area contributed by atoms with Gasteiger partial charge in [0.25, 0.3) is 0 Å². The van der Waals surface area contributed by atoms with Crippen molar-refractivity contribution >= 4 is 23.4 Å². The van der Waals surface area contributed by atoms with E-state index in [2.05, 4.69) is 10.2 Å². The van der Waals surface area contributed by atoms with Gasteiger partial charge in [-0.05, 0) is 29.8 Å². The summed E-state index contributed by atoms with van der Waals surface area (Å²) in [6.07, 6.45) is 0. The predicted octanol–water partition coefficient (Wildman–Crippen LogP) is 4.57. The van der Waals surface area contributed by atoms with Crippen molar-refractivity contribution in [3.8, 4) is 11.4 Å². The van der Waals surface area contributed by atoms with Crippen LogP contribution in [-0.2, 0) is 12.8 Å². The number of hydrogen-bond acceptors (Lipinski definition) is 3. The minimum atomic E-state index is -0.228. The van der Waals surface area contributed by atoms with Crippen LogP contribution in [0.3, 0.4) is 0 Å². The number of rotatable bonds is 4. The number of aromatic nitrogens is 3. The van der Waals surface area contributed by atoms with E-state index in [0.717, 1.165) is 22.1 Å². The van der Waals surface area contributed by atoms with E-state index in [1.807, 2.05) is 35.9 Å². The third-order valence-electron chi connectivity index (χ3n) is 3.23. The first kappa shape index (κ1) is 15.1. The standard InChI is InChI=1S/C16H13ClFN3S/c1-21-15(13-4-2-3-5-14(13)17)19-20-16(21)22-10-11-6-8-12(18)9-7-11/h2-9H,10H2,1H3. The summed E-state index contributed by atoms with van der Waals surface area (Å²) < 4.78 is 14.8. The quantitative estimate of drug-likeness (QED) is 0.655. The molecule has 0 unspecified atom stereocenters. The second-order valence-electron chi connectivity index (χ2n) is 4.76. The first-order chi connectivity index (χ1) is 10.6. The van der Waals surface area contributed by atoms with Gasteiger partial charge in [-0.1, -0.05) is 47.6 Å². The molecule has 0 saturated carbocycles. The summed E-state index contributed by atoms with van der Waals surface area (Å²) in [5.41, 5.74) is 1.89. The van der Waals surface area contributed by atoms with E-state index in [-0.39, 0.29) is 5.82 Å². The van der Waals surface area contributed by atoms with Crippen molar-refractivity contribution in [2.75, 3.05) is 0 Å². The van der Waals surface area contributed by atoms with Gasteiger partial charge in [0.2, 0.25) is 0 Å². The maximum atomic E-state index is 12.9. The Labute approximate surface area is 137 Å². The van der Waals surface area contributed by atoms with Crippen molar-refractivity contribution in [1.29, 1.82) is 0 Å². The van der Waals surface area contributed by atoms with Crippen LogP contribution in [0, 0.1) is 5.82 Å². The third-order valence-corrected chi connectivity index (χ3v) is 4.65. The van der Waals surface area contributed by atoms with Crippen LogP contribution in [0.2, 0.25) is 5.02 Å². The molecule has 0 saturated heterocycles. The highest BCUT2D eigenvalue weighted by Crippen LogP contribution is 2.29. The van der Waals surface area contributed by atoms with Crippen LogP contribution in [0.25, 0.3) is 11.4 Å². The molecular formula is C16H13ClFN3S. The van der Waals surface area contributed by atoms with Gasteiger partial charge >= 0.3 is 0 Å². The molecule has 22 heavy (non-hydrogen) atoms. The van der Waals surface area contributed by atoms with Crippen LogP contribution in [-0.4, -0.2) is 14.8 Å². The van der Waals surface area contributed by atoms with E-state index in [4.69, 9.17) is 11.6 Å². The minimum Gasteiger partial charge on any atom is -0.305 e. The van der Waals surface area contributed by atoms with Gasteiger partial charge in [-0.3, -0.25) is 0 Å². The Morgan fingerprint density at radius 3 is 2.55 bits per heavy atom. The summed E-state index contributed by atoms with van der Waals surface area (Å²) >= 11 is 7.76. The van der Waals surface area contributed by atoms with Crippen molar-refractivity contribution in [3.05, 3.63) is 64.9 Å². The van der Waals surface area contributed by atoms with Crippen LogP contribution in [0.4, 0.5) is 4.39 Å². The van der Waals surface area contributed by atoms with Gasteiger partial charge < -0.3 is 4.57 Å². The second kappa shape index (κ2) is 6.50. The first-order valence-electron chi connectivity index (χ1n) is 6.66. The van der Waals surface area contributed by atoms with E-state index in [1.165, 1.54) is 12.1 Å². The van der Waals surface area contributed by atoms with Gasteiger partial charge in [0.05, 0.1) is 5.02 Å². The normalized spacial score (nSPS) is 10.9. The first-order valence-corrected chi connectivity index (χ1v) is 8.03. The Balaban J connectivity index is 1.79. The zero-order chi connectivity index (χ0) is 15.5. The van der Waals surface area contributed by atoms with Crippen molar-refractivity contribution in [1.82, 2.24) is 14.8 Å². The monoisotopic (exact) mass is 333 g/mol. The molecule has 2 aromatic carbocycles. The average molecular weight is 334 g/mol. The molecule has 0 atom stereocenters. The Kier molecular flexibility index (Phi) is 4.45. The van der Waals surface area contributed by atoms with E-state index in [0.29, 0.717) is 10.8 Å². The molecule has 0 radical (unpaired) electrons. The van der Waals surface area contributed by atoms with Gasteiger partial charge in [-0.2, -0.15) is 0 Å². The van der Waals surface area contributed by atoms with Crippen LogP contribution in [0.5, 0.6) is 0 Å². The lowest BCUT2D eigenvalue weighted by Gasteiger charge is -2.05. The molecule has 0 N–H and O–H groups in total. The molecule has 0 aliphatic heterocycles. The number of halogens is 2. The molecule has 112 valence electrons. The SMILES string of the molecule is Cn1c(SCc2ccc(F)cc2)nnc1-c1ccccc1Cl. The Morgan fingerprint density at radius 1 is 1.09 bits per heavy atom. The Morgan fingerprint density at radius 2 is 1.82 bits per heavy atom. The fourth-order valence-electron chi connectivity index (χ4n) is 2.05. The smallest absolute Gasteiger partial charge is 0.191 e. The molecule has 0 aliphatic rings. The summed E-state index contributed by atoms with van der Waals surface area (Å²) in [5.74, 6) is 1.20. The summed E-state index contributed by atoms with van der Waals surface area (Å²) in [4.78, 5) is 0. The zero-order valence-corrected chi connectivity index (χ0v) is 13.4. The third kappa shape index (κ3) is 3.15. The number of nitrogens with zero attached hydrogens (tertiary/aromatic N) is 3. The molecule has 3 aromatic rings. The molecule has 0 fully saturated rings. The summed E-state index contributed by atoms with van der Waals surface area (Å²) in [6, 6.07) is 14.0. The van der Waals surface area contributed by atoms with Crippen LogP contribution >= 0.6 is 23.4 Å². The fraction of sp³-hybridized carbons (Fsp3) is 0.125. The summed E-state index contributed by atoms with van der Waals surface area (Å²) in [7, 11) is 1.91. The number of benzene rings is 2. The highest BCUT2D eigenvalue weighted by atomic mass is 35.5. The van der Waals surface area contributed by atoms with Gasteiger partial charge in [-0.15, -0.1) is 10.2 Å². The molecule has 3 rings (SSSR count). The molecule has 1 heterocycles. The minimum absolute atomic E-state index is 0.228. The van der Waals surface area contributed by atoms with E-state index in [1.54, 1.807) is 23.9 Å². The topological polar surface area (TPSA) is 30.7 Å². The molecule has 0 spiro atoms. The Bertz CT molecular complexity index is 786. The fourth-order valence-corrected chi connectivity index (χ4v) is 3.13. The number of hydrogen-bond donors (Lipinski definition) is 0. The highest BCUT2D eigenvalue weighted by molar-refractivity contribution is 7.98. The molecule has 0 bridgehead atoms. The van der Waals surface area contributed by atoms with Gasteiger partial charge in [0.15, 0.2) is 11.0 Å². The maximum absolute atomic E-state index is 12.9. The van der Waals surface area contributed by atoms with E-state index >= 15 is 0 Å². The van der Waals surface area contributed by atoms with Crippen LogP contribution in [0.15, 0.2) is 53.7 Å². The summed E-state index contributed by atoms with van der Waals surface area (Å²) in [6.45, 7) is 0. The lowest BCUT2D eigenvalue weighted by atomic mass is 10.2. The van der Waals surface area contributed by atoms with Crippen LogP contribution in [0.1, 0.15) is 5.56 Å². The maximum Gasteiger partial charge on any atom is 0.191 e. The average Bonchev–Trinajstić information content (AvgIpc) is 2.88. The zero-order valence-electron chi connectivity index (χ0n) is 11.8. The lowest BCUT2D eigenvalue weighted by molar-refractivity contribution is 0.627. The molecule has 1 aromatic heterocycles. The van der Waals surface area contributed by atoms with Crippen molar-refractivity contribution in [2.24, 2.45) is 7.05 Å². The van der Waals surface area contributed by atoms with Crippen molar-refractivity contribution in [3.63, 3.8) is 0 Å². The van der Waals surface area contributed by atoms with Gasteiger partial charge in [0.1, 0.15) is 5.82 Å². The van der Waals surface area contributed by atoms with E-state index in [9.17, 15) is 4.39 Å². The predicted molar refractivity (Wildman–Crippen MR) is 87.4 cm³/mol. The summed E-state index contributed by atoms with van der Waals surface area (Å²) in [5, 5.41) is 9.87. The molecular weight excluding hydrogens is 321 g/mol. The molecule has 6 heteroatoms. The number of thioether (sulfide) groups is 1. The largest absolute Gasteiger partial charge is 0.305 e. The van der Waals surface area contributed by atoms with Crippen LogP contribution < -0.4 is 0 Å². The second-order valence-corrected chi connectivity index (χ2v) is 6.11. The Hall–Kier alpha value is -1.85.